The van der Waals surface area contributed by atoms with Gasteiger partial charge in [-0.25, -0.2) is 4.39 Å². The Labute approximate surface area is 123 Å². The van der Waals surface area contributed by atoms with Gasteiger partial charge in [-0.05, 0) is 70.6 Å². The number of hydrogen-bond donors (Lipinski definition) is 1. The molecule has 2 nitrogen and oxygen atoms in total. The number of piperidine rings is 1. The Bertz CT molecular complexity index is 417. The van der Waals surface area contributed by atoms with Crippen LogP contribution in [0, 0.1) is 11.7 Å². The molecule has 0 aromatic heterocycles. The summed E-state index contributed by atoms with van der Waals surface area (Å²) in [5.74, 6) is 0.661. The SMILES string of the molecule is CNCC1CCN(C(C)c2cc(Br)ccc2F)CC1. The van der Waals surface area contributed by atoms with Gasteiger partial charge in [0.15, 0.2) is 0 Å². The van der Waals surface area contributed by atoms with E-state index in [9.17, 15) is 4.39 Å². The molecule has 2 rings (SSSR count). The first kappa shape index (κ1) is 14.9. The van der Waals surface area contributed by atoms with Crippen LogP contribution < -0.4 is 5.32 Å². The lowest BCUT2D eigenvalue weighted by Crippen LogP contribution is -2.38. The molecular formula is C15H22BrFN2. The van der Waals surface area contributed by atoms with Crippen LogP contribution in [0.4, 0.5) is 4.39 Å². The van der Waals surface area contributed by atoms with E-state index in [0.717, 1.165) is 35.6 Å². The Hall–Kier alpha value is -0.450. The molecule has 0 spiro atoms. The molecule has 1 aromatic carbocycles. The predicted octanol–water partition coefficient (Wildman–Crippen LogP) is 3.58. The van der Waals surface area contributed by atoms with Crippen molar-refractivity contribution in [3.05, 3.63) is 34.1 Å². The summed E-state index contributed by atoms with van der Waals surface area (Å²) in [6, 6.07) is 5.35. The highest BCUT2D eigenvalue weighted by molar-refractivity contribution is 9.10. The van der Waals surface area contributed by atoms with E-state index < -0.39 is 0 Å². The Balaban J connectivity index is 2.01. The summed E-state index contributed by atoms with van der Waals surface area (Å²) in [6.07, 6.45) is 2.39. The Morgan fingerprint density at radius 1 is 1.42 bits per heavy atom. The van der Waals surface area contributed by atoms with Crippen LogP contribution in [0.2, 0.25) is 0 Å². The lowest BCUT2D eigenvalue weighted by Gasteiger charge is -2.36. The fourth-order valence-electron chi connectivity index (χ4n) is 2.86. The van der Waals surface area contributed by atoms with Crippen molar-refractivity contribution in [3.8, 4) is 0 Å². The number of nitrogens with one attached hydrogen (secondary N) is 1. The third-order valence-electron chi connectivity index (χ3n) is 4.10. The van der Waals surface area contributed by atoms with Gasteiger partial charge in [-0.3, -0.25) is 4.90 Å². The summed E-state index contributed by atoms with van der Waals surface area (Å²) in [5.41, 5.74) is 0.793. The fourth-order valence-corrected chi connectivity index (χ4v) is 3.24. The van der Waals surface area contributed by atoms with E-state index >= 15 is 0 Å². The number of benzene rings is 1. The molecule has 1 aliphatic rings. The minimum atomic E-state index is -0.104. The lowest BCUT2D eigenvalue weighted by molar-refractivity contribution is 0.139. The van der Waals surface area contributed by atoms with Gasteiger partial charge in [0.05, 0.1) is 0 Å². The number of halogens is 2. The number of rotatable bonds is 4. The molecule has 0 amide bonds. The van der Waals surface area contributed by atoms with E-state index in [4.69, 9.17) is 0 Å². The molecular weight excluding hydrogens is 307 g/mol. The van der Waals surface area contributed by atoms with Gasteiger partial charge in [-0.1, -0.05) is 15.9 Å². The second-order valence-corrected chi connectivity index (χ2v) is 6.29. The van der Waals surface area contributed by atoms with Crippen molar-refractivity contribution < 1.29 is 4.39 Å². The van der Waals surface area contributed by atoms with Crippen LogP contribution in [-0.4, -0.2) is 31.6 Å². The van der Waals surface area contributed by atoms with Gasteiger partial charge >= 0.3 is 0 Å². The molecule has 1 fully saturated rings. The zero-order chi connectivity index (χ0) is 13.8. The third kappa shape index (κ3) is 3.77. The molecule has 1 N–H and O–H groups in total. The van der Waals surface area contributed by atoms with Crippen molar-refractivity contribution in [1.29, 1.82) is 0 Å². The van der Waals surface area contributed by atoms with E-state index in [1.165, 1.54) is 12.8 Å². The zero-order valence-electron chi connectivity index (χ0n) is 11.6. The van der Waals surface area contributed by atoms with Crippen molar-refractivity contribution in [2.45, 2.75) is 25.8 Å². The van der Waals surface area contributed by atoms with Crippen molar-refractivity contribution in [3.63, 3.8) is 0 Å². The average molecular weight is 329 g/mol. The monoisotopic (exact) mass is 328 g/mol. The molecule has 106 valence electrons. The first-order valence-corrected chi connectivity index (χ1v) is 7.74. The quantitative estimate of drug-likeness (QED) is 0.908. The molecule has 1 heterocycles. The van der Waals surface area contributed by atoms with Gasteiger partial charge < -0.3 is 5.32 Å². The molecule has 1 atom stereocenters. The van der Waals surface area contributed by atoms with Crippen molar-refractivity contribution in [2.24, 2.45) is 5.92 Å². The van der Waals surface area contributed by atoms with Crippen molar-refractivity contribution in [1.82, 2.24) is 10.2 Å². The smallest absolute Gasteiger partial charge is 0.128 e. The number of hydrogen-bond acceptors (Lipinski definition) is 2. The van der Waals surface area contributed by atoms with E-state index in [2.05, 4.69) is 33.1 Å². The molecule has 1 aliphatic heterocycles. The summed E-state index contributed by atoms with van der Waals surface area (Å²) in [4.78, 5) is 2.39. The first-order valence-electron chi connectivity index (χ1n) is 6.95. The maximum Gasteiger partial charge on any atom is 0.128 e. The topological polar surface area (TPSA) is 15.3 Å². The first-order chi connectivity index (χ1) is 9.11. The fraction of sp³-hybridized carbons (Fsp3) is 0.600. The Morgan fingerprint density at radius 2 is 2.11 bits per heavy atom. The zero-order valence-corrected chi connectivity index (χ0v) is 13.2. The molecule has 0 aliphatic carbocycles. The van der Waals surface area contributed by atoms with Crippen LogP contribution in [0.25, 0.3) is 0 Å². The lowest BCUT2D eigenvalue weighted by atomic mass is 9.94. The van der Waals surface area contributed by atoms with Gasteiger partial charge in [0, 0.05) is 16.1 Å². The van der Waals surface area contributed by atoms with Crippen LogP contribution in [0.3, 0.4) is 0 Å². The number of likely N-dealkylation sites (tertiary alicyclic amines) is 1. The molecule has 0 bridgehead atoms. The van der Waals surface area contributed by atoms with E-state index in [1.54, 1.807) is 12.1 Å². The van der Waals surface area contributed by atoms with Gasteiger partial charge in [-0.2, -0.15) is 0 Å². The van der Waals surface area contributed by atoms with Crippen molar-refractivity contribution >= 4 is 15.9 Å². The van der Waals surface area contributed by atoms with Gasteiger partial charge in [0.1, 0.15) is 5.82 Å². The Kier molecular flexibility index (Phi) is 5.37. The summed E-state index contributed by atoms with van der Waals surface area (Å²) < 4.78 is 14.9. The van der Waals surface area contributed by atoms with Crippen molar-refractivity contribution in [2.75, 3.05) is 26.7 Å². The summed E-state index contributed by atoms with van der Waals surface area (Å²) in [5, 5.41) is 3.25. The second kappa shape index (κ2) is 6.82. The van der Waals surface area contributed by atoms with Gasteiger partial charge in [0.2, 0.25) is 0 Å². The number of nitrogens with zero attached hydrogens (tertiary/aromatic N) is 1. The standard InChI is InChI=1S/C15H22BrFN2/c1-11(14-9-13(16)3-4-15(14)17)19-7-5-12(6-8-19)10-18-2/h3-4,9,11-12,18H,5-8,10H2,1-2H3. The average Bonchev–Trinajstić information content (AvgIpc) is 2.42. The van der Waals surface area contributed by atoms with Crippen LogP contribution in [-0.2, 0) is 0 Å². The second-order valence-electron chi connectivity index (χ2n) is 5.38. The highest BCUT2D eigenvalue weighted by Crippen LogP contribution is 2.29. The molecule has 4 heteroatoms. The minimum absolute atomic E-state index is 0.104. The predicted molar refractivity (Wildman–Crippen MR) is 80.7 cm³/mol. The molecule has 0 radical (unpaired) electrons. The maximum atomic E-state index is 13.9. The third-order valence-corrected chi connectivity index (χ3v) is 4.59. The summed E-state index contributed by atoms with van der Waals surface area (Å²) >= 11 is 3.43. The highest BCUT2D eigenvalue weighted by atomic mass is 79.9. The highest BCUT2D eigenvalue weighted by Gasteiger charge is 2.24. The maximum absolute atomic E-state index is 13.9. The molecule has 0 saturated carbocycles. The normalized spacial score (nSPS) is 19.6. The minimum Gasteiger partial charge on any atom is -0.319 e. The summed E-state index contributed by atoms with van der Waals surface area (Å²) in [6.45, 7) is 5.30. The van der Waals surface area contributed by atoms with Crippen LogP contribution >= 0.6 is 15.9 Å². The van der Waals surface area contributed by atoms with E-state index in [1.807, 2.05) is 13.1 Å². The molecule has 19 heavy (non-hydrogen) atoms. The van der Waals surface area contributed by atoms with E-state index in [0.29, 0.717) is 0 Å². The van der Waals surface area contributed by atoms with Gasteiger partial charge in [-0.15, -0.1) is 0 Å². The molecule has 1 unspecified atom stereocenters. The van der Waals surface area contributed by atoms with Crippen LogP contribution in [0.15, 0.2) is 22.7 Å². The summed E-state index contributed by atoms with van der Waals surface area (Å²) in [7, 11) is 2.01. The van der Waals surface area contributed by atoms with Crippen LogP contribution in [0.5, 0.6) is 0 Å². The molecule has 1 aromatic rings. The molecule has 1 saturated heterocycles. The van der Waals surface area contributed by atoms with Crippen LogP contribution in [0.1, 0.15) is 31.4 Å². The van der Waals surface area contributed by atoms with Gasteiger partial charge in [0.25, 0.3) is 0 Å². The largest absolute Gasteiger partial charge is 0.319 e. The van der Waals surface area contributed by atoms with E-state index in [-0.39, 0.29) is 11.9 Å². The Morgan fingerprint density at radius 3 is 2.74 bits per heavy atom.